The zero-order valence-corrected chi connectivity index (χ0v) is 15.8. The van der Waals surface area contributed by atoms with Gasteiger partial charge in [0.1, 0.15) is 0 Å². The lowest BCUT2D eigenvalue weighted by Gasteiger charge is -2.07. The zero-order valence-electron chi connectivity index (χ0n) is 14.2. The number of amides is 1. The van der Waals surface area contributed by atoms with Gasteiger partial charge < -0.3 is 11.1 Å². The molecule has 0 aliphatic heterocycles. The molecule has 0 saturated carbocycles. The van der Waals surface area contributed by atoms with Gasteiger partial charge in [0, 0.05) is 29.3 Å². The molecular weight excluding hydrogens is 340 g/mol. The number of anilines is 1. The summed E-state index contributed by atoms with van der Waals surface area (Å²) in [4.78, 5) is 13.1. The highest BCUT2D eigenvalue weighted by Crippen LogP contribution is 2.21. The molecule has 0 aromatic heterocycles. The van der Waals surface area contributed by atoms with Crippen LogP contribution in [0, 0.1) is 13.8 Å². The van der Waals surface area contributed by atoms with Gasteiger partial charge in [0.15, 0.2) is 0 Å². The SMILES string of the molecule is Cc1ccc(SCCC(=O)NCCc2ccc(N)cc2)cc1C.Cl. The Hall–Kier alpha value is -1.65. The first kappa shape index (κ1) is 20.4. The van der Waals surface area contributed by atoms with Crippen LogP contribution in [0.3, 0.4) is 0 Å². The number of thioether (sulfide) groups is 1. The molecule has 0 aliphatic carbocycles. The van der Waals surface area contributed by atoms with E-state index in [9.17, 15) is 4.79 Å². The number of halogens is 1. The summed E-state index contributed by atoms with van der Waals surface area (Å²) >= 11 is 1.73. The molecule has 0 radical (unpaired) electrons. The maximum absolute atomic E-state index is 11.9. The van der Waals surface area contributed by atoms with Gasteiger partial charge in [-0.3, -0.25) is 4.79 Å². The Morgan fingerprint density at radius 3 is 2.46 bits per heavy atom. The third-order valence-corrected chi connectivity index (χ3v) is 4.79. The molecule has 2 aromatic rings. The van der Waals surface area contributed by atoms with Gasteiger partial charge in [0.05, 0.1) is 0 Å². The fraction of sp³-hybridized carbons (Fsp3) is 0.316. The molecule has 2 rings (SSSR count). The maximum atomic E-state index is 11.9. The Kier molecular flexibility index (Phi) is 8.72. The van der Waals surface area contributed by atoms with E-state index in [4.69, 9.17) is 5.73 Å². The molecule has 130 valence electrons. The number of nitrogens with one attached hydrogen (secondary N) is 1. The molecule has 0 fully saturated rings. The first-order chi connectivity index (χ1) is 11.0. The summed E-state index contributed by atoms with van der Waals surface area (Å²) in [7, 11) is 0. The number of benzene rings is 2. The van der Waals surface area contributed by atoms with Crippen LogP contribution in [0.2, 0.25) is 0 Å². The van der Waals surface area contributed by atoms with Crippen molar-refractivity contribution in [3.8, 4) is 0 Å². The van der Waals surface area contributed by atoms with Gasteiger partial charge in [0.2, 0.25) is 5.91 Å². The molecule has 5 heteroatoms. The molecule has 24 heavy (non-hydrogen) atoms. The molecule has 0 heterocycles. The van der Waals surface area contributed by atoms with Crippen molar-refractivity contribution in [2.45, 2.75) is 31.6 Å². The number of carbonyl (C=O) groups is 1. The number of aryl methyl sites for hydroxylation is 2. The third-order valence-electron chi connectivity index (χ3n) is 3.79. The van der Waals surface area contributed by atoms with Crippen LogP contribution < -0.4 is 11.1 Å². The lowest BCUT2D eigenvalue weighted by Crippen LogP contribution is -2.25. The van der Waals surface area contributed by atoms with Crippen molar-refractivity contribution in [3.05, 3.63) is 59.2 Å². The van der Waals surface area contributed by atoms with Gasteiger partial charge in [0.25, 0.3) is 0 Å². The summed E-state index contributed by atoms with van der Waals surface area (Å²) in [6.07, 6.45) is 1.37. The van der Waals surface area contributed by atoms with Crippen molar-refractivity contribution in [2.24, 2.45) is 0 Å². The van der Waals surface area contributed by atoms with Crippen LogP contribution in [0.15, 0.2) is 47.4 Å². The van der Waals surface area contributed by atoms with Gasteiger partial charge in [-0.25, -0.2) is 0 Å². The summed E-state index contributed by atoms with van der Waals surface area (Å²) in [6.45, 7) is 4.89. The molecular formula is C19H25ClN2OS. The number of rotatable bonds is 7. The predicted molar refractivity (Wildman–Crippen MR) is 106 cm³/mol. The minimum Gasteiger partial charge on any atom is -0.399 e. The second-order valence-corrected chi connectivity index (χ2v) is 6.85. The van der Waals surface area contributed by atoms with Gasteiger partial charge in [-0.15, -0.1) is 24.2 Å². The fourth-order valence-corrected chi connectivity index (χ4v) is 3.13. The average molecular weight is 365 g/mol. The topological polar surface area (TPSA) is 55.1 Å². The Balaban J connectivity index is 0.00000288. The van der Waals surface area contributed by atoms with Gasteiger partial charge >= 0.3 is 0 Å². The highest BCUT2D eigenvalue weighted by atomic mass is 35.5. The van der Waals surface area contributed by atoms with Gasteiger partial charge in [-0.05, 0) is 61.2 Å². The predicted octanol–water partition coefficient (Wildman–Crippen LogP) is 4.15. The zero-order chi connectivity index (χ0) is 16.7. The third kappa shape index (κ3) is 6.85. The van der Waals surface area contributed by atoms with E-state index in [1.165, 1.54) is 21.6 Å². The highest BCUT2D eigenvalue weighted by Gasteiger charge is 2.03. The summed E-state index contributed by atoms with van der Waals surface area (Å²) < 4.78 is 0. The number of hydrogen-bond donors (Lipinski definition) is 2. The first-order valence-electron chi connectivity index (χ1n) is 7.86. The molecule has 0 atom stereocenters. The standard InChI is InChI=1S/C19H24N2OS.ClH/c1-14-3-8-18(13-15(14)2)23-12-10-19(22)21-11-9-16-4-6-17(20)7-5-16;/h3-8,13H,9-12,20H2,1-2H3,(H,21,22);1H. The van der Waals surface area contributed by atoms with Crippen LogP contribution in [0.4, 0.5) is 5.69 Å². The first-order valence-corrected chi connectivity index (χ1v) is 8.84. The van der Waals surface area contributed by atoms with E-state index in [0.717, 1.165) is 17.9 Å². The van der Waals surface area contributed by atoms with E-state index in [2.05, 4.69) is 37.4 Å². The van der Waals surface area contributed by atoms with E-state index in [0.29, 0.717) is 13.0 Å². The summed E-state index contributed by atoms with van der Waals surface area (Å²) in [5.74, 6) is 0.910. The van der Waals surface area contributed by atoms with E-state index < -0.39 is 0 Å². The number of nitrogen functional groups attached to an aromatic ring is 1. The number of hydrogen-bond acceptors (Lipinski definition) is 3. The van der Waals surface area contributed by atoms with Crippen molar-refractivity contribution in [2.75, 3.05) is 18.0 Å². The van der Waals surface area contributed by atoms with E-state index in [-0.39, 0.29) is 18.3 Å². The van der Waals surface area contributed by atoms with Crippen LogP contribution in [0.5, 0.6) is 0 Å². The van der Waals surface area contributed by atoms with Crippen molar-refractivity contribution in [3.63, 3.8) is 0 Å². The Morgan fingerprint density at radius 1 is 1.08 bits per heavy atom. The minimum atomic E-state index is 0. The molecule has 0 unspecified atom stereocenters. The summed E-state index contributed by atoms with van der Waals surface area (Å²) in [5.41, 5.74) is 10.2. The van der Waals surface area contributed by atoms with E-state index in [1.807, 2.05) is 24.3 Å². The Morgan fingerprint density at radius 2 is 1.79 bits per heavy atom. The molecule has 0 aliphatic rings. The van der Waals surface area contributed by atoms with Gasteiger partial charge in [-0.2, -0.15) is 0 Å². The van der Waals surface area contributed by atoms with Crippen LogP contribution in [0.25, 0.3) is 0 Å². The number of nitrogens with two attached hydrogens (primary N) is 1. The lowest BCUT2D eigenvalue weighted by atomic mass is 10.1. The van der Waals surface area contributed by atoms with Crippen molar-refractivity contribution < 1.29 is 4.79 Å². The quantitative estimate of drug-likeness (QED) is 0.573. The lowest BCUT2D eigenvalue weighted by molar-refractivity contribution is -0.120. The van der Waals surface area contributed by atoms with E-state index >= 15 is 0 Å². The van der Waals surface area contributed by atoms with Crippen molar-refractivity contribution in [1.29, 1.82) is 0 Å². The summed E-state index contributed by atoms with van der Waals surface area (Å²) in [6, 6.07) is 14.2. The van der Waals surface area contributed by atoms with Crippen LogP contribution in [0.1, 0.15) is 23.1 Å². The van der Waals surface area contributed by atoms with Crippen molar-refractivity contribution >= 4 is 35.8 Å². The van der Waals surface area contributed by atoms with E-state index in [1.54, 1.807) is 11.8 Å². The summed E-state index contributed by atoms with van der Waals surface area (Å²) in [5, 5.41) is 2.97. The molecule has 0 saturated heterocycles. The van der Waals surface area contributed by atoms with Crippen LogP contribution >= 0.6 is 24.2 Å². The molecule has 0 bridgehead atoms. The molecule has 2 aromatic carbocycles. The monoisotopic (exact) mass is 364 g/mol. The van der Waals surface area contributed by atoms with Crippen LogP contribution in [-0.2, 0) is 11.2 Å². The Bertz CT molecular complexity index is 659. The fourth-order valence-electron chi connectivity index (χ4n) is 2.18. The van der Waals surface area contributed by atoms with Crippen molar-refractivity contribution in [1.82, 2.24) is 5.32 Å². The highest BCUT2D eigenvalue weighted by molar-refractivity contribution is 7.99. The Labute approximate surface area is 154 Å². The second-order valence-electron chi connectivity index (χ2n) is 5.69. The largest absolute Gasteiger partial charge is 0.399 e. The number of carbonyl (C=O) groups excluding carboxylic acids is 1. The molecule has 3 N–H and O–H groups in total. The average Bonchev–Trinajstić information content (AvgIpc) is 2.53. The smallest absolute Gasteiger partial charge is 0.220 e. The second kappa shape index (κ2) is 10.3. The minimum absolute atomic E-state index is 0. The normalized spacial score (nSPS) is 10.1. The molecule has 0 spiro atoms. The van der Waals surface area contributed by atoms with Crippen LogP contribution in [-0.4, -0.2) is 18.2 Å². The molecule has 1 amide bonds. The molecule has 3 nitrogen and oxygen atoms in total. The van der Waals surface area contributed by atoms with Gasteiger partial charge in [-0.1, -0.05) is 18.2 Å². The maximum Gasteiger partial charge on any atom is 0.220 e.